The van der Waals surface area contributed by atoms with Crippen LogP contribution in [0.25, 0.3) is 0 Å². The van der Waals surface area contributed by atoms with Crippen LogP contribution < -0.4 is 0 Å². The molecule has 3 aliphatic carbocycles. The fourth-order valence-corrected chi connectivity index (χ4v) is 3.78. The maximum absolute atomic E-state index is 11.6. The van der Waals surface area contributed by atoms with Gasteiger partial charge in [-0.1, -0.05) is 6.42 Å². The third kappa shape index (κ3) is 0.533. The minimum absolute atomic E-state index is 0.276. The molecule has 11 heavy (non-hydrogen) atoms. The average Bonchev–Trinajstić information content (AvgIpc) is 2.49. The van der Waals surface area contributed by atoms with Crippen molar-refractivity contribution in [1.82, 2.24) is 0 Å². The highest BCUT2D eigenvalue weighted by atomic mass is 16.1. The van der Waals surface area contributed by atoms with Gasteiger partial charge in [0, 0.05) is 11.8 Å². The van der Waals surface area contributed by atoms with Gasteiger partial charge in [-0.2, -0.15) is 0 Å². The second kappa shape index (κ2) is 1.70. The SMILES string of the molecule is O=C1CCC[C@@H]2[C@@H]3CCC[C@@]123. The van der Waals surface area contributed by atoms with E-state index in [2.05, 4.69) is 0 Å². The van der Waals surface area contributed by atoms with E-state index in [9.17, 15) is 4.79 Å². The Balaban J connectivity index is 1.97. The molecule has 1 heteroatoms. The van der Waals surface area contributed by atoms with E-state index < -0.39 is 0 Å². The van der Waals surface area contributed by atoms with Gasteiger partial charge in [0.15, 0.2) is 0 Å². The van der Waals surface area contributed by atoms with Gasteiger partial charge in [0.25, 0.3) is 0 Å². The molecule has 3 saturated carbocycles. The molecule has 60 valence electrons. The first-order valence-corrected chi connectivity index (χ1v) is 4.89. The Labute approximate surface area is 67.2 Å². The summed E-state index contributed by atoms with van der Waals surface area (Å²) in [5.41, 5.74) is 0.276. The van der Waals surface area contributed by atoms with Crippen molar-refractivity contribution in [3.05, 3.63) is 0 Å². The van der Waals surface area contributed by atoms with Gasteiger partial charge in [-0.3, -0.25) is 4.79 Å². The van der Waals surface area contributed by atoms with Gasteiger partial charge >= 0.3 is 0 Å². The summed E-state index contributed by atoms with van der Waals surface area (Å²) in [5.74, 6) is 2.31. The Morgan fingerprint density at radius 2 is 1.91 bits per heavy atom. The first-order chi connectivity index (χ1) is 5.36. The van der Waals surface area contributed by atoms with Gasteiger partial charge in [-0.05, 0) is 37.5 Å². The molecule has 0 aromatic carbocycles. The minimum Gasteiger partial charge on any atom is -0.299 e. The summed E-state index contributed by atoms with van der Waals surface area (Å²) in [4.78, 5) is 11.6. The second-order valence-electron chi connectivity index (χ2n) is 4.46. The Hall–Kier alpha value is -0.330. The van der Waals surface area contributed by atoms with Crippen molar-refractivity contribution in [2.45, 2.75) is 38.5 Å². The molecule has 3 fully saturated rings. The lowest BCUT2D eigenvalue weighted by Crippen LogP contribution is -2.21. The zero-order chi connectivity index (χ0) is 7.47. The van der Waals surface area contributed by atoms with Gasteiger partial charge in [0.2, 0.25) is 0 Å². The number of rotatable bonds is 0. The van der Waals surface area contributed by atoms with Crippen LogP contribution in [0.3, 0.4) is 0 Å². The van der Waals surface area contributed by atoms with Crippen LogP contribution in [0.15, 0.2) is 0 Å². The molecule has 0 N–H and O–H groups in total. The lowest BCUT2D eigenvalue weighted by atomic mass is 9.85. The summed E-state index contributed by atoms with van der Waals surface area (Å²) >= 11 is 0. The summed E-state index contributed by atoms with van der Waals surface area (Å²) < 4.78 is 0. The Morgan fingerprint density at radius 3 is 2.64 bits per heavy atom. The van der Waals surface area contributed by atoms with Crippen molar-refractivity contribution in [3.63, 3.8) is 0 Å². The lowest BCUT2D eigenvalue weighted by molar-refractivity contribution is -0.126. The van der Waals surface area contributed by atoms with E-state index in [0.29, 0.717) is 5.78 Å². The fourth-order valence-electron chi connectivity index (χ4n) is 3.78. The minimum atomic E-state index is 0.276. The highest BCUT2D eigenvalue weighted by Gasteiger charge is 2.70. The largest absolute Gasteiger partial charge is 0.299 e. The number of Topliss-reactive ketones (excluding diaryl/α,β-unsaturated/α-hetero) is 1. The van der Waals surface area contributed by atoms with Crippen LogP contribution in [0, 0.1) is 17.3 Å². The van der Waals surface area contributed by atoms with Gasteiger partial charge in [0.05, 0.1) is 0 Å². The molecular weight excluding hydrogens is 136 g/mol. The van der Waals surface area contributed by atoms with Crippen molar-refractivity contribution in [2.75, 3.05) is 0 Å². The fraction of sp³-hybridized carbons (Fsp3) is 0.900. The van der Waals surface area contributed by atoms with Gasteiger partial charge in [0.1, 0.15) is 5.78 Å². The molecule has 3 rings (SSSR count). The van der Waals surface area contributed by atoms with E-state index in [1.54, 1.807) is 0 Å². The topological polar surface area (TPSA) is 17.1 Å². The number of fused-ring (bicyclic) bond motifs is 1. The zero-order valence-corrected chi connectivity index (χ0v) is 6.81. The molecule has 0 aliphatic heterocycles. The number of hydrogen-bond acceptors (Lipinski definition) is 1. The zero-order valence-electron chi connectivity index (χ0n) is 6.81. The van der Waals surface area contributed by atoms with E-state index in [-0.39, 0.29) is 5.41 Å². The molecule has 0 saturated heterocycles. The van der Waals surface area contributed by atoms with Crippen molar-refractivity contribution in [2.24, 2.45) is 17.3 Å². The van der Waals surface area contributed by atoms with Crippen LogP contribution in [0.4, 0.5) is 0 Å². The predicted molar refractivity (Wildman–Crippen MR) is 42.1 cm³/mol. The van der Waals surface area contributed by atoms with Gasteiger partial charge < -0.3 is 0 Å². The van der Waals surface area contributed by atoms with Crippen molar-refractivity contribution >= 4 is 5.78 Å². The Bertz CT molecular complexity index is 215. The normalized spacial score (nSPS) is 53.6. The summed E-state index contributed by atoms with van der Waals surface area (Å²) in [6, 6.07) is 0. The monoisotopic (exact) mass is 150 g/mol. The molecule has 0 heterocycles. The molecule has 0 aromatic rings. The van der Waals surface area contributed by atoms with E-state index in [1.165, 1.54) is 32.1 Å². The average molecular weight is 150 g/mol. The second-order valence-corrected chi connectivity index (χ2v) is 4.46. The third-order valence-corrected chi connectivity index (χ3v) is 4.24. The lowest BCUT2D eigenvalue weighted by Gasteiger charge is -2.18. The number of ketones is 1. The van der Waals surface area contributed by atoms with Crippen molar-refractivity contribution < 1.29 is 4.79 Å². The van der Waals surface area contributed by atoms with Crippen molar-refractivity contribution in [3.8, 4) is 0 Å². The Morgan fingerprint density at radius 1 is 1.18 bits per heavy atom. The standard InChI is InChI=1S/C10H14O/c11-9-5-1-3-7-8-4-2-6-10(7,8)9/h7-8H,1-6H2/t7-,8+,10-/m1/s1. The van der Waals surface area contributed by atoms with E-state index in [4.69, 9.17) is 0 Å². The maximum atomic E-state index is 11.6. The van der Waals surface area contributed by atoms with E-state index >= 15 is 0 Å². The summed E-state index contributed by atoms with van der Waals surface area (Å²) in [5, 5.41) is 0. The molecule has 3 atom stereocenters. The molecular formula is C10H14O. The molecule has 1 nitrogen and oxygen atoms in total. The highest BCUT2D eigenvalue weighted by molar-refractivity contribution is 5.90. The molecule has 0 radical (unpaired) electrons. The molecule has 0 unspecified atom stereocenters. The van der Waals surface area contributed by atoms with E-state index in [0.717, 1.165) is 18.3 Å². The molecule has 1 spiro atoms. The predicted octanol–water partition coefficient (Wildman–Crippen LogP) is 2.16. The smallest absolute Gasteiger partial charge is 0.139 e. The molecule has 0 aromatic heterocycles. The van der Waals surface area contributed by atoms with Crippen LogP contribution in [0.2, 0.25) is 0 Å². The summed E-state index contributed by atoms with van der Waals surface area (Å²) in [6.45, 7) is 0. The summed E-state index contributed by atoms with van der Waals surface area (Å²) in [7, 11) is 0. The number of carbonyl (C=O) groups is 1. The van der Waals surface area contributed by atoms with Crippen molar-refractivity contribution in [1.29, 1.82) is 0 Å². The van der Waals surface area contributed by atoms with Crippen LogP contribution in [-0.4, -0.2) is 5.78 Å². The molecule has 0 bridgehead atoms. The first-order valence-electron chi connectivity index (χ1n) is 4.89. The van der Waals surface area contributed by atoms with Gasteiger partial charge in [-0.25, -0.2) is 0 Å². The number of carbonyl (C=O) groups excluding carboxylic acids is 1. The third-order valence-electron chi connectivity index (χ3n) is 4.24. The number of hydrogen-bond donors (Lipinski definition) is 0. The van der Waals surface area contributed by atoms with Crippen LogP contribution in [0.1, 0.15) is 38.5 Å². The molecule has 3 aliphatic rings. The Kier molecular flexibility index (Phi) is 0.961. The summed E-state index contributed by atoms with van der Waals surface area (Å²) in [6.07, 6.45) is 7.36. The molecule has 0 amide bonds. The first kappa shape index (κ1) is 6.22. The van der Waals surface area contributed by atoms with Gasteiger partial charge in [-0.15, -0.1) is 0 Å². The maximum Gasteiger partial charge on any atom is 0.139 e. The van der Waals surface area contributed by atoms with Crippen LogP contribution in [0.5, 0.6) is 0 Å². The van der Waals surface area contributed by atoms with Crippen LogP contribution in [-0.2, 0) is 4.79 Å². The van der Waals surface area contributed by atoms with Crippen LogP contribution >= 0.6 is 0 Å². The van der Waals surface area contributed by atoms with E-state index in [1.807, 2.05) is 0 Å². The highest BCUT2D eigenvalue weighted by Crippen LogP contribution is 2.72. The quantitative estimate of drug-likeness (QED) is 0.517.